The molecule has 2 rings (SSSR count). The second kappa shape index (κ2) is 5.27. The lowest BCUT2D eigenvalue weighted by Crippen LogP contribution is -2.19. The molecule has 0 aliphatic carbocycles. The van der Waals surface area contributed by atoms with Crippen molar-refractivity contribution in [1.82, 2.24) is 5.32 Å². The molecule has 1 heterocycles. The number of nitrogens with one attached hydrogen (secondary N) is 1. The lowest BCUT2D eigenvalue weighted by molar-refractivity contribution is -0.116. The Labute approximate surface area is 105 Å². The van der Waals surface area contributed by atoms with Crippen LogP contribution < -0.4 is 5.32 Å². The summed E-state index contributed by atoms with van der Waals surface area (Å²) < 4.78 is 0.993. The minimum atomic E-state index is -0.0265. The topological polar surface area (TPSA) is 53.8 Å². The fourth-order valence-corrected chi connectivity index (χ4v) is 2.16. The maximum atomic E-state index is 10.9. The number of amides is 1. The molecule has 1 aromatic rings. The fourth-order valence-electron chi connectivity index (χ4n) is 1.11. The Morgan fingerprint density at radius 2 is 2.38 bits per heavy atom. The highest BCUT2D eigenvalue weighted by Gasteiger charge is 2.15. The highest BCUT2D eigenvalue weighted by atomic mass is 79.9. The van der Waals surface area contributed by atoms with Gasteiger partial charge in [0.05, 0.1) is 12.0 Å². The van der Waals surface area contributed by atoms with Crippen LogP contribution in [-0.2, 0) is 4.79 Å². The second-order valence-electron chi connectivity index (χ2n) is 3.04. The van der Waals surface area contributed by atoms with Gasteiger partial charge < -0.3 is 5.32 Å². The summed E-state index contributed by atoms with van der Waals surface area (Å²) in [5, 5.41) is 11.0. The van der Waals surface area contributed by atoms with E-state index in [9.17, 15) is 4.79 Å². The summed E-state index contributed by atoms with van der Waals surface area (Å²) in [6.45, 7) is 0. The van der Waals surface area contributed by atoms with E-state index in [1.807, 2.05) is 24.3 Å². The molecule has 0 bridgehead atoms. The van der Waals surface area contributed by atoms with Crippen LogP contribution in [0.15, 0.2) is 38.9 Å². The van der Waals surface area contributed by atoms with Crippen molar-refractivity contribution >= 4 is 45.0 Å². The molecule has 16 heavy (non-hydrogen) atoms. The van der Waals surface area contributed by atoms with Gasteiger partial charge in [-0.1, -0.05) is 39.8 Å². The number of nitrogens with zero attached hydrogens (tertiary/aromatic N) is 2. The van der Waals surface area contributed by atoms with Crippen LogP contribution in [0.3, 0.4) is 0 Å². The number of benzene rings is 1. The average molecular weight is 298 g/mol. The number of hydrogen-bond donors (Lipinski definition) is 1. The molecular weight excluding hydrogens is 290 g/mol. The van der Waals surface area contributed by atoms with Crippen LogP contribution in [0.4, 0.5) is 0 Å². The quantitative estimate of drug-likeness (QED) is 0.670. The average Bonchev–Trinajstić information content (AvgIpc) is 2.64. The van der Waals surface area contributed by atoms with Gasteiger partial charge >= 0.3 is 0 Å². The first-order valence-electron chi connectivity index (χ1n) is 4.53. The predicted molar refractivity (Wildman–Crippen MR) is 69.8 cm³/mol. The Morgan fingerprint density at radius 3 is 3.06 bits per heavy atom. The highest BCUT2D eigenvalue weighted by molar-refractivity contribution is 9.10. The van der Waals surface area contributed by atoms with E-state index in [1.54, 1.807) is 6.21 Å². The maximum Gasteiger partial charge on any atom is 0.236 e. The molecule has 82 valence electrons. The SMILES string of the molecule is O=C1CS/C(=N\N=C/c2cccc(Br)c2)N1. The van der Waals surface area contributed by atoms with E-state index < -0.39 is 0 Å². The zero-order valence-corrected chi connectivity index (χ0v) is 10.6. The van der Waals surface area contributed by atoms with E-state index in [-0.39, 0.29) is 5.91 Å². The van der Waals surface area contributed by atoms with E-state index in [0.29, 0.717) is 10.9 Å². The van der Waals surface area contributed by atoms with Crippen molar-refractivity contribution in [2.75, 3.05) is 5.75 Å². The minimum Gasteiger partial charge on any atom is -0.303 e. The number of rotatable bonds is 2. The smallest absolute Gasteiger partial charge is 0.236 e. The summed E-state index contributed by atoms with van der Waals surface area (Å²) in [6, 6.07) is 7.72. The largest absolute Gasteiger partial charge is 0.303 e. The molecule has 1 saturated heterocycles. The van der Waals surface area contributed by atoms with E-state index in [1.165, 1.54) is 11.8 Å². The van der Waals surface area contributed by atoms with Crippen molar-refractivity contribution in [3.8, 4) is 0 Å². The number of hydrogen-bond acceptors (Lipinski definition) is 4. The molecule has 1 aromatic carbocycles. The maximum absolute atomic E-state index is 10.9. The van der Waals surface area contributed by atoms with Gasteiger partial charge in [0, 0.05) is 4.47 Å². The number of thioether (sulfide) groups is 1. The number of carbonyl (C=O) groups excluding carboxylic acids is 1. The molecule has 1 aliphatic rings. The molecule has 1 amide bonds. The number of carbonyl (C=O) groups is 1. The molecule has 0 spiro atoms. The van der Waals surface area contributed by atoms with Gasteiger partial charge in [-0.2, -0.15) is 5.10 Å². The third kappa shape index (κ3) is 3.18. The molecule has 1 aliphatic heterocycles. The van der Waals surface area contributed by atoms with E-state index >= 15 is 0 Å². The van der Waals surface area contributed by atoms with Gasteiger partial charge in [0.15, 0.2) is 5.17 Å². The summed E-state index contributed by atoms with van der Waals surface area (Å²) in [7, 11) is 0. The third-order valence-electron chi connectivity index (χ3n) is 1.79. The van der Waals surface area contributed by atoms with Crippen LogP contribution in [0, 0.1) is 0 Å². The van der Waals surface area contributed by atoms with Crippen molar-refractivity contribution < 1.29 is 4.79 Å². The molecule has 0 unspecified atom stereocenters. The van der Waals surface area contributed by atoms with E-state index in [2.05, 4.69) is 31.4 Å². The third-order valence-corrected chi connectivity index (χ3v) is 3.15. The summed E-state index contributed by atoms with van der Waals surface area (Å²) in [6.07, 6.45) is 1.64. The lowest BCUT2D eigenvalue weighted by atomic mass is 10.2. The molecule has 0 aromatic heterocycles. The Hall–Kier alpha value is -1.14. The van der Waals surface area contributed by atoms with Gasteiger partial charge in [-0.05, 0) is 17.7 Å². The molecular formula is C10H8BrN3OS. The van der Waals surface area contributed by atoms with Gasteiger partial charge in [-0.15, -0.1) is 5.10 Å². The second-order valence-corrected chi connectivity index (χ2v) is 4.92. The minimum absolute atomic E-state index is 0.0265. The van der Waals surface area contributed by atoms with Gasteiger partial charge in [0.25, 0.3) is 0 Å². The Balaban J connectivity index is 2.02. The molecule has 0 saturated carbocycles. The van der Waals surface area contributed by atoms with Crippen LogP contribution in [-0.4, -0.2) is 23.0 Å². The zero-order valence-electron chi connectivity index (χ0n) is 8.18. The van der Waals surface area contributed by atoms with Gasteiger partial charge in [-0.3, -0.25) is 4.79 Å². The first kappa shape index (κ1) is 11.3. The van der Waals surface area contributed by atoms with Crippen molar-refractivity contribution in [2.45, 2.75) is 0 Å². The normalized spacial score (nSPS) is 18.3. The molecule has 0 atom stereocenters. The van der Waals surface area contributed by atoms with Crippen LogP contribution in [0.2, 0.25) is 0 Å². The first-order valence-corrected chi connectivity index (χ1v) is 6.31. The first-order chi connectivity index (χ1) is 7.74. The van der Waals surface area contributed by atoms with Crippen LogP contribution in [0.1, 0.15) is 5.56 Å². The Kier molecular flexibility index (Phi) is 3.74. The zero-order chi connectivity index (χ0) is 11.4. The van der Waals surface area contributed by atoms with Crippen molar-refractivity contribution in [3.63, 3.8) is 0 Å². The number of amidine groups is 1. The molecule has 0 radical (unpaired) electrons. The molecule has 6 heteroatoms. The lowest BCUT2D eigenvalue weighted by Gasteiger charge is -1.92. The van der Waals surface area contributed by atoms with Crippen LogP contribution in [0.25, 0.3) is 0 Å². The molecule has 1 fully saturated rings. The Bertz CT molecular complexity index is 473. The fraction of sp³-hybridized carbons (Fsp3) is 0.100. The molecule has 1 N–H and O–H groups in total. The van der Waals surface area contributed by atoms with Gasteiger partial charge in [0.1, 0.15) is 0 Å². The summed E-state index contributed by atoms with van der Waals surface area (Å²) >= 11 is 4.72. The van der Waals surface area contributed by atoms with Gasteiger partial charge in [-0.25, -0.2) is 0 Å². The summed E-state index contributed by atoms with van der Waals surface area (Å²) in [4.78, 5) is 10.9. The number of halogens is 1. The standard InChI is InChI=1S/C10H8BrN3OS/c11-8-3-1-2-7(4-8)5-12-14-10-13-9(15)6-16-10/h1-5H,6H2,(H,13,14,15)/b12-5-. The van der Waals surface area contributed by atoms with Crippen molar-refractivity contribution in [1.29, 1.82) is 0 Å². The van der Waals surface area contributed by atoms with Crippen LogP contribution >= 0.6 is 27.7 Å². The highest BCUT2D eigenvalue weighted by Crippen LogP contribution is 2.11. The van der Waals surface area contributed by atoms with Crippen molar-refractivity contribution in [2.24, 2.45) is 10.2 Å². The predicted octanol–water partition coefficient (Wildman–Crippen LogP) is 2.00. The van der Waals surface area contributed by atoms with E-state index in [4.69, 9.17) is 0 Å². The van der Waals surface area contributed by atoms with Crippen molar-refractivity contribution in [3.05, 3.63) is 34.3 Å². The molecule has 4 nitrogen and oxygen atoms in total. The summed E-state index contributed by atoms with van der Waals surface area (Å²) in [5.41, 5.74) is 0.952. The van der Waals surface area contributed by atoms with Gasteiger partial charge in [0.2, 0.25) is 5.91 Å². The van der Waals surface area contributed by atoms with E-state index in [0.717, 1.165) is 10.0 Å². The summed E-state index contributed by atoms with van der Waals surface area (Å²) in [5.74, 6) is 0.395. The Morgan fingerprint density at radius 1 is 1.50 bits per heavy atom. The monoisotopic (exact) mass is 297 g/mol. The van der Waals surface area contributed by atoms with Crippen LogP contribution in [0.5, 0.6) is 0 Å².